The van der Waals surface area contributed by atoms with Crippen molar-refractivity contribution in [2.24, 2.45) is 0 Å². The molecule has 0 saturated heterocycles. The van der Waals surface area contributed by atoms with Gasteiger partial charge in [0.1, 0.15) is 0 Å². The summed E-state index contributed by atoms with van der Waals surface area (Å²) in [6, 6.07) is 6.97. The van der Waals surface area contributed by atoms with Crippen LogP contribution in [0.5, 0.6) is 11.5 Å². The van der Waals surface area contributed by atoms with E-state index in [4.69, 9.17) is 14.6 Å². The zero-order chi connectivity index (χ0) is 18.8. The number of fused-ring (bicyclic) bond motifs is 2. The first-order chi connectivity index (χ1) is 13.1. The molecule has 1 aromatic heterocycles. The topological polar surface area (TPSA) is 106 Å². The summed E-state index contributed by atoms with van der Waals surface area (Å²) in [6.45, 7) is 1.93. The third-order valence-corrected chi connectivity index (χ3v) is 4.57. The fraction of sp³-hybridized carbons (Fsp3) is 0.389. The molecule has 2 aromatic rings. The predicted molar refractivity (Wildman–Crippen MR) is 94.8 cm³/mol. The first-order valence-corrected chi connectivity index (χ1v) is 8.81. The summed E-state index contributed by atoms with van der Waals surface area (Å²) in [6.07, 6.45) is 1.21. The Balaban J connectivity index is 1.43. The maximum atomic E-state index is 12.7. The summed E-state index contributed by atoms with van der Waals surface area (Å²) in [5.41, 5.74) is 2.29. The third-order valence-electron chi connectivity index (χ3n) is 4.57. The smallest absolute Gasteiger partial charge is 0.322 e. The van der Waals surface area contributed by atoms with Crippen LogP contribution in [-0.4, -0.2) is 45.1 Å². The van der Waals surface area contributed by atoms with E-state index in [1.54, 1.807) is 23.1 Å². The lowest BCUT2D eigenvalue weighted by atomic mass is 10.2. The molecule has 2 aliphatic rings. The number of nitrogens with zero attached hydrogens (tertiary/aromatic N) is 3. The van der Waals surface area contributed by atoms with E-state index in [0.29, 0.717) is 43.2 Å². The van der Waals surface area contributed by atoms with Crippen molar-refractivity contribution in [2.45, 2.75) is 32.4 Å². The average Bonchev–Trinajstić information content (AvgIpc) is 3.21. The second-order valence-corrected chi connectivity index (χ2v) is 6.52. The van der Waals surface area contributed by atoms with Crippen molar-refractivity contribution in [3.63, 3.8) is 0 Å². The quantitative estimate of drug-likeness (QED) is 0.851. The molecular weight excluding hydrogens is 352 g/mol. The number of nitrogens with one attached hydrogen (secondary N) is 1. The summed E-state index contributed by atoms with van der Waals surface area (Å²) in [5, 5.41) is 16.2. The minimum atomic E-state index is -0.845. The van der Waals surface area contributed by atoms with Gasteiger partial charge >= 0.3 is 12.0 Å². The number of anilines is 1. The van der Waals surface area contributed by atoms with Gasteiger partial charge in [-0.1, -0.05) is 0 Å². The number of rotatable bonds is 4. The second kappa shape index (κ2) is 7.18. The van der Waals surface area contributed by atoms with Gasteiger partial charge in [0.05, 0.1) is 24.4 Å². The Morgan fingerprint density at radius 2 is 2.04 bits per heavy atom. The van der Waals surface area contributed by atoms with Crippen LogP contribution in [0, 0.1) is 0 Å². The molecule has 0 aliphatic carbocycles. The molecule has 0 saturated carbocycles. The summed E-state index contributed by atoms with van der Waals surface area (Å²) in [5.74, 6) is 0.438. The minimum absolute atomic E-state index is 0.0464. The molecule has 0 bridgehead atoms. The van der Waals surface area contributed by atoms with E-state index in [-0.39, 0.29) is 19.2 Å². The highest BCUT2D eigenvalue weighted by Crippen LogP contribution is 2.34. The number of aromatic nitrogens is 2. The number of aliphatic carboxylic acids is 1. The number of amides is 2. The fourth-order valence-corrected chi connectivity index (χ4v) is 3.23. The number of carbonyl (C=O) groups is 2. The van der Waals surface area contributed by atoms with E-state index in [2.05, 4.69) is 10.4 Å². The van der Waals surface area contributed by atoms with Gasteiger partial charge in [-0.05, 0) is 24.6 Å². The number of ether oxygens (including phenoxy) is 2. The van der Waals surface area contributed by atoms with Crippen molar-refractivity contribution in [3.05, 3.63) is 35.7 Å². The number of aryl methyl sites for hydroxylation is 2. The van der Waals surface area contributed by atoms with Crippen LogP contribution in [0.2, 0.25) is 0 Å². The normalized spacial score (nSPS) is 15.2. The van der Waals surface area contributed by atoms with Crippen molar-refractivity contribution in [1.29, 1.82) is 0 Å². The van der Waals surface area contributed by atoms with Gasteiger partial charge in [0.15, 0.2) is 11.5 Å². The maximum Gasteiger partial charge on any atom is 0.322 e. The highest BCUT2D eigenvalue weighted by atomic mass is 16.7. The molecule has 27 heavy (non-hydrogen) atoms. The van der Waals surface area contributed by atoms with E-state index in [1.807, 2.05) is 10.7 Å². The summed E-state index contributed by atoms with van der Waals surface area (Å²) in [4.78, 5) is 25.2. The van der Waals surface area contributed by atoms with Crippen LogP contribution in [0.15, 0.2) is 24.3 Å². The molecule has 0 spiro atoms. The van der Waals surface area contributed by atoms with Crippen molar-refractivity contribution in [2.75, 3.05) is 18.7 Å². The van der Waals surface area contributed by atoms with Crippen LogP contribution in [0.1, 0.15) is 24.2 Å². The van der Waals surface area contributed by atoms with Crippen LogP contribution in [0.3, 0.4) is 0 Å². The Hall–Kier alpha value is -3.23. The van der Waals surface area contributed by atoms with Gasteiger partial charge in [0.2, 0.25) is 6.79 Å². The van der Waals surface area contributed by atoms with Crippen LogP contribution in [0.4, 0.5) is 10.5 Å². The van der Waals surface area contributed by atoms with E-state index in [9.17, 15) is 9.59 Å². The Labute approximate surface area is 155 Å². The lowest BCUT2D eigenvalue weighted by Crippen LogP contribution is -2.34. The highest BCUT2D eigenvalue weighted by Gasteiger charge is 2.22. The molecule has 0 atom stereocenters. The zero-order valence-corrected chi connectivity index (χ0v) is 14.7. The van der Waals surface area contributed by atoms with Crippen molar-refractivity contribution in [1.82, 2.24) is 14.7 Å². The maximum absolute atomic E-state index is 12.7. The number of carboxylic acid groups (broad SMARTS) is 1. The average molecular weight is 372 g/mol. The number of carbonyl (C=O) groups excluding carboxylic acids is 1. The van der Waals surface area contributed by atoms with Gasteiger partial charge in [0.25, 0.3) is 0 Å². The molecule has 0 unspecified atom stereocenters. The lowest BCUT2D eigenvalue weighted by molar-refractivity contribution is -0.136. The summed E-state index contributed by atoms with van der Waals surface area (Å²) >= 11 is 0. The van der Waals surface area contributed by atoms with Crippen LogP contribution in [-0.2, 0) is 24.3 Å². The molecule has 0 fully saturated rings. The molecule has 2 aliphatic heterocycles. The molecule has 4 rings (SSSR count). The Morgan fingerprint density at radius 3 is 2.89 bits per heavy atom. The molecule has 9 heteroatoms. The first kappa shape index (κ1) is 17.2. The summed E-state index contributed by atoms with van der Waals surface area (Å²) in [7, 11) is 0. The van der Waals surface area contributed by atoms with Crippen molar-refractivity contribution in [3.8, 4) is 11.5 Å². The van der Waals surface area contributed by atoms with Crippen LogP contribution in [0.25, 0.3) is 0 Å². The number of urea groups is 1. The van der Waals surface area contributed by atoms with Gasteiger partial charge in [-0.15, -0.1) is 0 Å². The molecule has 2 amide bonds. The van der Waals surface area contributed by atoms with E-state index < -0.39 is 5.97 Å². The van der Waals surface area contributed by atoms with Gasteiger partial charge < -0.3 is 24.8 Å². The van der Waals surface area contributed by atoms with E-state index in [0.717, 1.165) is 17.8 Å². The number of hydrogen-bond acceptors (Lipinski definition) is 5. The Morgan fingerprint density at radius 1 is 1.19 bits per heavy atom. The van der Waals surface area contributed by atoms with Crippen molar-refractivity contribution < 1.29 is 24.2 Å². The fourth-order valence-electron chi connectivity index (χ4n) is 3.23. The molecule has 0 radical (unpaired) electrons. The predicted octanol–water partition coefficient (Wildman–Crippen LogP) is 2.07. The number of carboxylic acids is 1. The SMILES string of the molecule is O=C(O)CCc1cc2n(n1)CCCN(C(=O)Nc1ccc3c(c1)OCO3)C2. The van der Waals surface area contributed by atoms with Gasteiger partial charge in [-0.3, -0.25) is 9.48 Å². The molecule has 2 N–H and O–H groups in total. The van der Waals surface area contributed by atoms with Crippen LogP contribution >= 0.6 is 0 Å². The zero-order valence-electron chi connectivity index (χ0n) is 14.7. The molecule has 9 nitrogen and oxygen atoms in total. The highest BCUT2D eigenvalue weighted by molar-refractivity contribution is 5.89. The second-order valence-electron chi connectivity index (χ2n) is 6.52. The van der Waals surface area contributed by atoms with E-state index >= 15 is 0 Å². The molecule has 1 aromatic carbocycles. The van der Waals surface area contributed by atoms with Gasteiger partial charge in [-0.2, -0.15) is 5.10 Å². The molecular formula is C18H20N4O5. The van der Waals surface area contributed by atoms with E-state index in [1.165, 1.54) is 0 Å². The standard InChI is InChI=1S/C18H20N4O5/c23-17(24)5-3-13-8-14-10-21(6-1-7-22(14)20-13)18(25)19-12-2-4-15-16(9-12)27-11-26-15/h2,4,8-9H,1,3,5-7,10-11H2,(H,19,25)(H,23,24). The van der Waals surface area contributed by atoms with Crippen molar-refractivity contribution >= 4 is 17.7 Å². The summed E-state index contributed by atoms with van der Waals surface area (Å²) < 4.78 is 12.5. The third kappa shape index (κ3) is 3.81. The molecule has 3 heterocycles. The largest absolute Gasteiger partial charge is 0.481 e. The minimum Gasteiger partial charge on any atom is -0.481 e. The Bertz CT molecular complexity index is 879. The van der Waals surface area contributed by atoms with Crippen LogP contribution < -0.4 is 14.8 Å². The lowest BCUT2D eigenvalue weighted by Gasteiger charge is -2.20. The monoisotopic (exact) mass is 372 g/mol. The first-order valence-electron chi connectivity index (χ1n) is 8.81. The van der Waals surface area contributed by atoms with Gasteiger partial charge in [0, 0.05) is 31.3 Å². The molecule has 142 valence electrons. The number of hydrogen-bond donors (Lipinski definition) is 2. The Kier molecular flexibility index (Phi) is 4.57. The van der Waals surface area contributed by atoms with Gasteiger partial charge in [-0.25, -0.2) is 4.79 Å². The number of benzene rings is 1.